The molecule has 1 amide bonds. The highest BCUT2D eigenvalue weighted by molar-refractivity contribution is 5.94. The van der Waals surface area contributed by atoms with E-state index in [0.29, 0.717) is 23.8 Å². The highest BCUT2D eigenvalue weighted by Crippen LogP contribution is 2.24. The fourth-order valence-electron chi connectivity index (χ4n) is 3.22. The van der Waals surface area contributed by atoms with E-state index in [9.17, 15) is 4.79 Å². The molecule has 2 aromatic rings. The van der Waals surface area contributed by atoms with E-state index in [4.69, 9.17) is 10.2 Å². The fourth-order valence-corrected chi connectivity index (χ4v) is 3.22. The van der Waals surface area contributed by atoms with Crippen LogP contribution in [0.1, 0.15) is 40.9 Å². The van der Waals surface area contributed by atoms with Crippen LogP contribution in [0, 0.1) is 5.92 Å². The zero-order valence-electron chi connectivity index (χ0n) is 13.8. The first-order valence-electron chi connectivity index (χ1n) is 8.37. The van der Waals surface area contributed by atoms with Gasteiger partial charge in [0.15, 0.2) is 0 Å². The van der Waals surface area contributed by atoms with Crippen LogP contribution >= 0.6 is 12.4 Å². The minimum absolute atomic E-state index is 0. The van der Waals surface area contributed by atoms with E-state index in [2.05, 4.69) is 30.3 Å². The van der Waals surface area contributed by atoms with Crippen molar-refractivity contribution < 1.29 is 9.21 Å². The minimum atomic E-state index is 0. The second-order valence-corrected chi connectivity index (χ2v) is 6.27. The number of nitrogens with two attached hydrogens (primary N) is 1. The number of furan rings is 1. The van der Waals surface area contributed by atoms with Gasteiger partial charge in [0, 0.05) is 13.1 Å². The fraction of sp³-hybridized carbons (Fsp3) is 0.421. The molecule has 3 rings (SSSR count). The number of benzene rings is 1. The Morgan fingerprint density at radius 3 is 2.54 bits per heavy atom. The third kappa shape index (κ3) is 4.62. The lowest BCUT2D eigenvalue weighted by molar-refractivity contribution is 0.0686. The summed E-state index contributed by atoms with van der Waals surface area (Å²) in [4.78, 5) is 14.4. The Morgan fingerprint density at radius 1 is 1.21 bits per heavy atom. The molecule has 130 valence electrons. The van der Waals surface area contributed by atoms with Crippen LogP contribution in [0.5, 0.6) is 0 Å². The van der Waals surface area contributed by atoms with Crippen molar-refractivity contribution in [1.29, 1.82) is 0 Å². The maximum atomic E-state index is 12.4. The highest BCUT2D eigenvalue weighted by atomic mass is 35.5. The summed E-state index contributed by atoms with van der Waals surface area (Å²) in [7, 11) is 0. The third-order valence-corrected chi connectivity index (χ3v) is 4.69. The number of likely N-dealkylation sites (tertiary alicyclic amines) is 1. The second-order valence-electron chi connectivity index (χ2n) is 6.27. The molecule has 0 bridgehead atoms. The van der Waals surface area contributed by atoms with Crippen molar-refractivity contribution >= 4 is 18.3 Å². The van der Waals surface area contributed by atoms with Gasteiger partial charge in [0.1, 0.15) is 12.0 Å². The number of hydrogen-bond acceptors (Lipinski definition) is 3. The average Bonchev–Trinajstić information content (AvgIpc) is 3.10. The first-order chi connectivity index (χ1) is 11.3. The predicted octanol–water partition coefficient (Wildman–Crippen LogP) is 3.65. The highest BCUT2D eigenvalue weighted by Gasteiger charge is 2.24. The van der Waals surface area contributed by atoms with E-state index in [0.717, 1.165) is 32.4 Å². The molecular weight excluding hydrogens is 324 g/mol. The van der Waals surface area contributed by atoms with Crippen LogP contribution < -0.4 is 5.73 Å². The summed E-state index contributed by atoms with van der Waals surface area (Å²) in [6.07, 6.45) is 6.02. The van der Waals surface area contributed by atoms with Gasteiger partial charge < -0.3 is 15.1 Å². The van der Waals surface area contributed by atoms with Gasteiger partial charge in [-0.15, -0.1) is 12.4 Å². The molecule has 0 saturated carbocycles. The summed E-state index contributed by atoms with van der Waals surface area (Å²) < 4.78 is 5.26. The number of carbonyl (C=O) groups excluding carboxylic acids is 1. The van der Waals surface area contributed by atoms with Gasteiger partial charge in [-0.05, 0) is 43.2 Å². The summed E-state index contributed by atoms with van der Waals surface area (Å²) in [5.74, 6) is 1.43. The van der Waals surface area contributed by atoms with Gasteiger partial charge in [-0.2, -0.15) is 0 Å². The van der Waals surface area contributed by atoms with Crippen molar-refractivity contribution in [3.63, 3.8) is 0 Å². The molecule has 1 fully saturated rings. The summed E-state index contributed by atoms with van der Waals surface area (Å²) >= 11 is 0. The van der Waals surface area contributed by atoms with E-state index >= 15 is 0 Å². The van der Waals surface area contributed by atoms with Crippen molar-refractivity contribution in [2.75, 3.05) is 13.1 Å². The molecular formula is C19H25ClN2O2. The van der Waals surface area contributed by atoms with E-state index in [1.54, 1.807) is 6.07 Å². The quantitative estimate of drug-likeness (QED) is 0.897. The number of amides is 1. The molecule has 2 heterocycles. The first-order valence-corrected chi connectivity index (χ1v) is 8.37. The van der Waals surface area contributed by atoms with Gasteiger partial charge in [0.2, 0.25) is 0 Å². The number of halogens is 1. The molecule has 0 unspecified atom stereocenters. The monoisotopic (exact) mass is 348 g/mol. The molecule has 0 spiro atoms. The third-order valence-electron chi connectivity index (χ3n) is 4.69. The zero-order valence-corrected chi connectivity index (χ0v) is 14.6. The Morgan fingerprint density at radius 2 is 1.92 bits per heavy atom. The maximum Gasteiger partial charge on any atom is 0.257 e. The van der Waals surface area contributed by atoms with Crippen LogP contribution in [0.25, 0.3) is 0 Å². The van der Waals surface area contributed by atoms with Crippen LogP contribution in [0.4, 0.5) is 0 Å². The van der Waals surface area contributed by atoms with Crippen LogP contribution in [0.2, 0.25) is 0 Å². The average molecular weight is 349 g/mol. The lowest BCUT2D eigenvalue weighted by Gasteiger charge is -2.31. The molecule has 4 nitrogen and oxygen atoms in total. The molecule has 1 aliphatic rings. The standard InChI is InChI=1S/C19H24N2O2.ClH/c20-13-18-12-17(14-23-18)19(22)21-10-8-16(9-11-21)7-6-15-4-2-1-3-5-15;/h1-5,12,14,16H,6-11,13,20H2;1H. The largest absolute Gasteiger partial charge is 0.467 e. The molecule has 0 radical (unpaired) electrons. The van der Waals surface area contributed by atoms with Crippen molar-refractivity contribution in [2.24, 2.45) is 11.7 Å². The Bertz CT molecular complexity index is 634. The topological polar surface area (TPSA) is 59.5 Å². The summed E-state index contributed by atoms with van der Waals surface area (Å²) in [6, 6.07) is 12.4. The molecule has 5 heteroatoms. The van der Waals surface area contributed by atoms with E-state index in [1.165, 1.54) is 18.2 Å². The number of rotatable bonds is 5. The molecule has 1 aromatic heterocycles. The van der Waals surface area contributed by atoms with Gasteiger partial charge in [0.25, 0.3) is 5.91 Å². The predicted molar refractivity (Wildman–Crippen MR) is 97.2 cm³/mol. The summed E-state index contributed by atoms with van der Waals surface area (Å²) in [5.41, 5.74) is 7.54. The van der Waals surface area contributed by atoms with Gasteiger partial charge in [-0.1, -0.05) is 30.3 Å². The van der Waals surface area contributed by atoms with Crippen molar-refractivity contribution in [2.45, 2.75) is 32.2 Å². The number of carbonyl (C=O) groups is 1. The molecule has 0 aliphatic carbocycles. The van der Waals surface area contributed by atoms with Gasteiger partial charge in [-0.3, -0.25) is 4.79 Å². The number of nitrogens with zero attached hydrogens (tertiary/aromatic N) is 1. The van der Waals surface area contributed by atoms with E-state index < -0.39 is 0 Å². The van der Waals surface area contributed by atoms with Gasteiger partial charge in [-0.25, -0.2) is 0 Å². The molecule has 1 saturated heterocycles. The maximum absolute atomic E-state index is 12.4. The minimum Gasteiger partial charge on any atom is -0.467 e. The molecule has 24 heavy (non-hydrogen) atoms. The number of hydrogen-bond donors (Lipinski definition) is 1. The van der Waals surface area contributed by atoms with Crippen molar-refractivity contribution in [3.8, 4) is 0 Å². The first kappa shape index (κ1) is 18.6. The van der Waals surface area contributed by atoms with Crippen molar-refractivity contribution in [3.05, 3.63) is 59.5 Å². The molecule has 1 aliphatic heterocycles. The van der Waals surface area contributed by atoms with Crippen LogP contribution in [0.15, 0.2) is 47.1 Å². The second kappa shape index (κ2) is 8.90. The van der Waals surface area contributed by atoms with E-state index in [-0.39, 0.29) is 18.3 Å². The molecule has 2 N–H and O–H groups in total. The van der Waals surface area contributed by atoms with Crippen molar-refractivity contribution in [1.82, 2.24) is 4.90 Å². The molecule has 0 atom stereocenters. The summed E-state index contributed by atoms with van der Waals surface area (Å²) in [6.45, 7) is 2.00. The van der Waals surface area contributed by atoms with Crippen LogP contribution in [-0.4, -0.2) is 23.9 Å². The van der Waals surface area contributed by atoms with E-state index in [1.807, 2.05) is 4.90 Å². The smallest absolute Gasteiger partial charge is 0.257 e. The van der Waals surface area contributed by atoms with Crippen LogP contribution in [0.3, 0.4) is 0 Å². The SMILES string of the molecule is Cl.NCc1cc(C(=O)N2CCC(CCc3ccccc3)CC2)co1. The number of piperidine rings is 1. The molecule has 1 aromatic carbocycles. The Labute approximate surface area is 149 Å². The Hall–Kier alpha value is -1.78. The Balaban J connectivity index is 0.00000208. The normalized spacial score (nSPS) is 15.1. The lowest BCUT2D eigenvalue weighted by atomic mass is 9.90. The summed E-state index contributed by atoms with van der Waals surface area (Å²) in [5, 5.41) is 0. The number of aryl methyl sites for hydroxylation is 1. The lowest BCUT2D eigenvalue weighted by Crippen LogP contribution is -2.38. The van der Waals surface area contributed by atoms with Crippen LogP contribution in [-0.2, 0) is 13.0 Å². The van der Waals surface area contributed by atoms with Gasteiger partial charge in [0.05, 0.1) is 12.1 Å². The Kier molecular flexibility index (Phi) is 6.88. The van der Waals surface area contributed by atoms with Gasteiger partial charge >= 0.3 is 0 Å². The zero-order chi connectivity index (χ0) is 16.1.